The number of amides is 1. The van der Waals surface area contributed by atoms with E-state index in [-0.39, 0.29) is 24.5 Å². The third-order valence-electron chi connectivity index (χ3n) is 5.50. The van der Waals surface area contributed by atoms with Gasteiger partial charge in [0.15, 0.2) is 5.82 Å². The van der Waals surface area contributed by atoms with E-state index in [4.69, 9.17) is 9.47 Å². The van der Waals surface area contributed by atoms with E-state index in [1.54, 1.807) is 11.8 Å². The Hall–Kier alpha value is -1.89. The number of carbonyl (C=O) groups is 2. The van der Waals surface area contributed by atoms with Crippen molar-refractivity contribution in [1.29, 1.82) is 0 Å². The maximum atomic E-state index is 13.4. The van der Waals surface area contributed by atoms with Gasteiger partial charge in [-0.1, -0.05) is 6.92 Å². The number of hydrogen-bond acceptors (Lipinski definition) is 5. The van der Waals surface area contributed by atoms with E-state index in [0.717, 1.165) is 38.5 Å². The van der Waals surface area contributed by atoms with Gasteiger partial charge in [-0.15, -0.1) is 0 Å². The molecule has 2 fully saturated rings. The van der Waals surface area contributed by atoms with E-state index in [2.05, 4.69) is 17.1 Å². The Balaban J connectivity index is 1.88. The summed E-state index contributed by atoms with van der Waals surface area (Å²) in [6.07, 6.45) is 6.98. The van der Waals surface area contributed by atoms with Gasteiger partial charge >= 0.3 is 5.97 Å². The summed E-state index contributed by atoms with van der Waals surface area (Å²) in [5.41, 5.74) is 0.330. The second kappa shape index (κ2) is 8.66. The summed E-state index contributed by atoms with van der Waals surface area (Å²) in [4.78, 5) is 27.5. The van der Waals surface area contributed by atoms with Crippen LogP contribution in [-0.4, -0.2) is 47.9 Å². The zero-order valence-electron chi connectivity index (χ0n) is 15.7. The van der Waals surface area contributed by atoms with Crippen molar-refractivity contribution in [2.45, 2.75) is 58.4 Å². The molecule has 144 valence electrons. The van der Waals surface area contributed by atoms with Gasteiger partial charge in [-0.2, -0.15) is 5.10 Å². The molecule has 0 aromatic carbocycles. The fourth-order valence-electron chi connectivity index (χ4n) is 3.93. The lowest BCUT2D eigenvalue weighted by Gasteiger charge is -2.37. The first-order chi connectivity index (χ1) is 12.6. The summed E-state index contributed by atoms with van der Waals surface area (Å²) in [6.45, 7) is 5.53. The molecule has 7 heteroatoms. The van der Waals surface area contributed by atoms with Gasteiger partial charge in [0.25, 0.3) is 0 Å². The molecule has 0 spiro atoms. The number of aromatic amines is 1. The number of rotatable bonds is 5. The van der Waals surface area contributed by atoms with Crippen LogP contribution < -0.4 is 4.90 Å². The number of carbonyl (C=O) groups excluding carboxylic acids is 2. The van der Waals surface area contributed by atoms with Gasteiger partial charge in [-0.05, 0) is 51.4 Å². The summed E-state index contributed by atoms with van der Waals surface area (Å²) in [5.74, 6) is 0.718. The Morgan fingerprint density at radius 1 is 1.23 bits per heavy atom. The highest BCUT2D eigenvalue weighted by atomic mass is 16.5. The van der Waals surface area contributed by atoms with Gasteiger partial charge in [-0.25, -0.2) is 4.79 Å². The predicted molar refractivity (Wildman–Crippen MR) is 97.0 cm³/mol. The molecule has 1 aliphatic heterocycles. The Morgan fingerprint density at radius 2 is 1.92 bits per heavy atom. The smallest absolute Gasteiger partial charge is 0.343 e. The quantitative estimate of drug-likeness (QED) is 0.813. The lowest BCUT2D eigenvalue weighted by molar-refractivity contribution is -0.124. The number of aromatic nitrogens is 2. The van der Waals surface area contributed by atoms with Gasteiger partial charge in [0, 0.05) is 31.4 Å². The molecular formula is C19H29N3O4. The molecule has 0 unspecified atom stereocenters. The summed E-state index contributed by atoms with van der Waals surface area (Å²) < 4.78 is 10.6. The highest BCUT2D eigenvalue weighted by Crippen LogP contribution is 2.33. The highest BCUT2D eigenvalue weighted by Gasteiger charge is 2.37. The first-order valence-electron chi connectivity index (χ1n) is 9.73. The minimum atomic E-state index is -0.446. The Bertz CT molecular complexity index is 616. The fourth-order valence-corrected chi connectivity index (χ4v) is 3.93. The monoisotopic (exact) mass is 363 g/mol. The molecule has 1 aromatic heterocycles. The molecule has 0 radical (unpaired) electrons. The minimum absolute atomic E-state index is 0.000732. The topological polar surface area (TPSA) is 84.5 Å². The minimum Gasteiger partial charge on any atom is -0.462 e. The van der Waals surface area contributed by atoms with E-state index >= 15 is 0 Å². The largest absolute Gasteiger partial charge is 0.462 e. The second-order valence-corrected chi connectivity index (χ2v) is 7.35. The molecule has 1 saturated heterocycles. The molecule has 1 aliphatic carbocycles. The maximum Gasteiger partial charge on any atom is 0.343 e. The van der Waals surface area contributed by atoms with Crippen molar-refractivity contribution in [3.8, 4) is 0 Å². The van der Waals surface area contributed by atoms with Crippen LogP contribution in [0.2, 0.25) is 0 Å². The van der Waals surface area contributed by atoms with Crippen LogP contribution >= 0.6 is 0 Å². The fraction of sp³-hybridized carbons (Fsp3) is 0.737. The molecule has 3 rings (SSSR count). The molecule has 26 heavy (non-hydrogen) atoms. The van der Waals surface area contributed by atoms with Crippen molar-refractivity contribution >= 4 is 17.7 Å². The Kier molecular flexibility index (Phi) is 6.29. The summed E-state index contributed by atoms with van der Waals surface area (Å²) in [5, 5.41) is 7.01. The number of anilines is 1. The van der Waals surface area contributed by atoms with Gasteiger partial charge in [0.1, 0.15) is 5.56 Å². The first-order valence-corrected chi connectivity index (χ1v) is 9.73. The van der Waals surface area contributed by atoms with Crippen molar-refractivity contribution in [3.05, 3.63) is 11.8 Å². The first kappa shape index (κ1) is 18.9. The third-order valence-corrected chi connectivity index (χ3v) is 5.50. The van der Waals surface area contributed by atoms with Crippen LogP contribution in [0.25, 0.3) is 0 Å². The lowest BCUT2D eigenvalue weighted by atomic mass is 9.82. The number of H-pyrrole nitrogens is 1. The molecule has 0 atom stereocenters. The molecule has 7 nitrogen and oxygen atoms in total. The summed E-state index contributed by atoms with van der Waals surface area (Å²) in [7, 11) is 0. The molecule has 1 aromatic rings. The average Bonchev–Trinajstić information content (AvgIpc) is 3.13. The average molecular weight is 363 g/mol. The zero-order chi connectivity index (χ0) is 18.5. The molecule has 1 N–H and O–H groups in total. The normalized spacial score (nSPS) is 24.2. The molecule has 0 bridgehead atoms. The van der Waals surface area contributed by atoms with Crippen LogP contribution in [0.15, 0.2) is 6.20 Å². The van der Waals surface area contributed by atoms with E-state index in [1.807, 2.05) is 0 Å². The standard InChI is InChI=1S/C19H29N3O4/c1-3-26-19(24)16-12-20-21-17(16)22(15-8-10-25-11-9-15)18(23)14-6-4-13(2)5-7-14/h12-15H,3-11H2,1-2H3,(H,20,21)/t13-,14-. The van der Waals surface area contributed by atoms with Gasteiger partial charge in [0.2, 0.25) is 5.91 Å². The number of ether oxygens (including phenoxy) is 2. The number of esters is 1. The SMILES string of the molecule is CCOC(=O)c1c[nH]nc1N(C(=O)[C@H]1CC[C@H](C)CC1)C1CCOCC1. The van der Waals surface area contributed by atoms with Gasteiger partial charge < -0.3 is 9.47 Å². The number of nitrogens with zero attached hydrogens (tertiary/aromatic N) is 2. The van der Waals surface area contributed by atoms with Crippen LogP contribution in [0.1, 0.15) is 62.7 Å². The van der Waals surface area contributed by atoms with Crippen LogP contribution in [0.3, 0.4) is 0 Å². The lowest BCUT2D eigenvalue weighted by Crippen LogP contribution is -2.47. The Labute approximate surface area is 154 Å². The van der Waals surface area contributed by atoms with Crippen molar-refractivity contribution in [2.24, 2.45) is 11.8 Å². The molecular weight excluding hydrogens is 334 g/mol. The van der Waals surface area contributed by atoms with Crippen LogP contribution in [0.5, 0.6) is 0 Å². The summed E-state index contributed by atoms with van der Waals surface area (Å²) in [6, 6.07) is 0.00655. The van der Waals surface area contributed by atoms with E-state index in [0.29, 0.717) is 30.5 Å². The second-order valence-electron chi connectivity index (χ2n) is 7.35. The van der Waals surface area contributed by atoms with Gasteiger partial charge in [-0.3, -0.25) is 14.8 Å². The molecule has 2 aliphatic rings. The van der Waals surface area contributed by atoms with Crippen molar-refractivity contribution in [3.63, 3.8) is 0 Å². The molecule has 1 saturated carbocycles. The predicted octanol–water partition coefficient (Wildman–Crippen LogP) is 2.92. The van der Waals surface area contributed by atoms with Crippen LogP contribution in [0, 0.1) is 11.8 Å². The van der Waals surface area contributed by atoms with E-state index < -0.39 is 5.97 Å². The van der Waals surface area contributed by atoms with Crippen molar-refractivity contribution < 1.29 is 19.1 Å². The number of nitrogens with one attached hydrogen (secondary N) is 1. The Morgan fingerprint density at radius 3 is 2.58 bits per heavy atom. The number of hydrogen-bond donors (Lipinski definition) is 1. The van der Waals surface area contributed by atoms with Crippen LogP contribution in [0.4, 0.5) is 5.82 Å². The molecule has 1 amide bonds. The van der Waals surface area contributed by atoms with E-state index in [1.165, 1.54) is 6.20 Å². The van der Waals surface area contributed by atoms with Crippen molar-refractivity contribution in [1.82, 2.24) is 10.2 Å². The van der Waals surface area contributed by atoms with Gasteiger partial charge in [0.05, 0.1) is 6.61 Å². The molecule has 2 heterocycles. The van der Waals surface area contributed by atoms with Crippen molar-refractivity contribution in [2.75, 3.05) is 24.7 Å². The highest BCUT2D eigenvalue weighted by molar-refractivity contribution is 6.02. The summed E-state index contributed by atoms with van der Waals surface area (Å²) >= 11 is 0. The van der Waals surface area contributed by atoms with Crippen LogP contribution in [-0.2, 0) is 14.3 Å². The zero-order valence-corrected chi connectivity index (χ0v) is 15.7. The van der Waals surface area contributed by atoms with E-state index in [9.17, 15) is 9.59 Å². The maximum absolute atomic E-state index is 13.4. The third kappa shape index (κ3) is 4.09.